The zero-order valence-electron chi connectivity index (χ0n) is 15.6. The Morgan fingerprint density at radius 2 is 1.70 bits per heavy atom. The minimum Gasteiger partial charge on any atom is -0.368 e. The van der Waals surface area contributed by atoms with Crippen molar-refractivity contribution in [3.05, 3.63) is 59.8 Å². The van der Waals surface area contributed by atoms with Crippen LogP contribution in [0.2, 0.25) is 0 Å². The van der Waals surface area contributed by atoms with Crippen molar-refractivity contribution in [3.8, 4) is 0 Å². The standard InChI is InChI=1S/C20H18F5N3OS/c21-19(22)13-12-28(30(29)17-7-2-1-4-14(17)20(23,24)25)16-6-3-5-15(18(13)16)27-10-8-26-9-11-27/h1-7,12,19,26H,8-11H2. The molecule has 2 heterocycles. The fraction of sp³-hybridized carbons (Fsp3) is 0.300. The minimum atomic E-state index is -4.72. The third kappa shape index (κ3) is 3.69. The van der Waals surface area contributed by atoms with Crippen molar-refractivity contribution >= 4 is 27.6 Å². The van der Waals surface area contributed by atoms with Crippen LogP contribution in [0.25, 0.3) is 10.9 Å². The van der Waals surface area contributed by atoms with Gasteiger partial charge in [-0.3, -0.25) is 3.97 Å². The molecule has 0 bridgehead atoms. The van der Waals surface area contributed by atoms with Gasteiger partial charge in [-0.15, -0.1) is 0 Å². The van der Waals surface area contributed by atoms with Crippen molar-refractivity contribution in [2.75, 3.05) is 31.1 Å². The lowest BCUT2D eigenvalue weighted by atomic mass is 10.1. The smallest absolute Gasteiger partial charge is 0.368 e. The average Bonchev–Trinajstić information content (AvgIpc) is 3.13. The van der Waals surface area contributed by atoms with Crippen molar-refractivity contribution < 1.29 is 26.2 Å². The van der Waals surface area contributed by atoms with Gasteiger partial charge in [0.2, 0.25) is 0 Å². The Labute approximate surface area is 171 Å². The molecule has 1 aromatic heterocycles. The van der Waals surface area contributed by atoms with Crippen LogP contribution in [0, 0.1) is 0 Å². The lowest BCUT2D eigenvalue weighted by molar-refractivity contribution is -0.139. The molecular formula is C20H18F5N3OS. The summed E-state index contributed by atoms with van der Waals surface area (Å²) in [5, 5.41) is 3.40. The number of nitrogens with one attached hydrogen (secondary N) is 1. The van der Waals surface area contributed by atoms with Gasteiger partial charge in [0.05, 0.1) is 16.0 Å². The van der Waals surface area contributed by atoms with E-state index in [0.29, 0.717) is 31.9 Å². The van der Waals surface area contributed by atoms with Gasteiger partial charge in [0, 0.05) is 49.0 Å². The van der Waals surface area contributed by atoms with Crippen molar-refractivity contribution in [3.63, 3.8) is 0 Å². The summed E-state index contributed by atoms with van der Waals surface area (Å²) in [4.78, 5) is 1.47. The van der Waals surface area contributed by atoms with E-state index >= 15 is 0 Å². The van der Waals surface area contributed by atoms with Crippen LogP contribution in [0.3, 0.4) is 0 Å². The van der Waals surface area contributed by atoms with Gasteiger partial charge in [-0.25, -0.2) is 13.0 Å². The highest BCUT2D eigenvalue weighted by molar-refractivity contribution is 7.83. The Morgan fingerprint density at radius 1 is 1.00 bits per heavy atom. The number of aromatic nitrogens is 1. The van der Waals surface area contributed by atoms with Crippen LogP contribution >= 0.6 is 0 Å². The highest BCUT2D eigenvalue weighted by atomic mass is 32.2. The van der Waals surface area contributed by atoms with Crippen LogP contribution in [-0.4, -0.2) is 34.4 Å². The maximum Gasteiger partial charge on any atom is 0.417 e. The number of alkyl halides is 5. The molecule has 0 aliphatic carbocycles. The number of benzene rings is 2. The molecule has 4 nitrogen and oxygen atoms in total. The normalized spacial score (nSPS) is 16.4. The second-order valence-electron chi connectivity index (χ2n) is 6.86. The first-order valence-electron chi connectivity index (χ1n) is 9.25. The molecule has 1 fully saturated rings. The van der Waals surface area contributed by atoms with E-state index in [1.54, 1.807) is 12.1 Å². The molecule has 0 spiro atoms. The van der Waals surface area contributed by atoms with E-state index in [2.05, 4.69) is 5.32 Å². The largest absolute Gasteiger partial charge is 0.417 e. The molecule has 0 saturated carbocycles. The fourth-order valence-electron chi connectivity index (χ4n) is 3.70. The number of hydrogen-bond acceptors (Lipinski definition) is 3. The van der Waals surface area contributed by atoms with Crippen LogP contribution in [0.1, 0.15) is 17.6 Å². The van der Waals surface area contributed by atoms with Crippen LogP contribution in [-0.2, 0) is 17.2 Å². The van der Waals surface area contributed by atoms with Gasteiger partial charge >= 0.3 is 6.18 Å². The van der Waals surface area contributed by atoms with Gasteiger partial charge in [-0.2, -0.15) is 13.2 Å². The van der Waals surface area contributed by atoms with E-state index in [-0.39, 0.29) is 16.5 Å². The Kier molecular flexibility index (Phi) is 5.54. The topological polar surface area (TPSA) is 37.3 Å². The van der Waals surface area contributed by atoms with Crippen molar-refractivity contribution in [1.82, 2.24) is 9.29 Å². The van der Waals surface area contributed by atoms with Crippen molar-refractivity contribution in [2.45, 2.75) is 17.5 Å². The number of piperazine rings is 1. The molecule has 1 N–H and O–H groups in total. The SMILES string of the molecule is O=S(c1ccccc1C(F)(F)F)n1cc(C(F)F)c2c(N3CCNCC3)cccc21. The molecule has 10 heteroatoms. The molecule has 1 saturated heterocycles. The summed E-state index contributed by atoms with van der Waals surface area (Å²) in [6, 6.07) is 9.32. The van der Waals surface area contributed by atoms with E-state index in [4.69, 9.17) is 0 Å². The first-order valence-corrected chi connectivity index (χ1v) is 10.4. The molecule has 1 atom stereocenters. The molecular weight excluding hydrogens is 425 g/mol. The number of anilines is 1. The van der Waals surface area contributed by atoms with Gasteiger partial charge in [0.25, 0.3) is 6.43 Å². The molecule has 0 radical (unpaired) electrons. The summed E-state index contributed by atoms with van der Waals surface area (Å²) in [6.07, 6.45) is -6.58. The number of rotatable bonds is 4. The second kappa shape index (κ2) is 7.99. The number of fused-ring (bicyclic) bond motifs is 1. The molecule has 1 unspecified atom stereocenters. The van der Waals surface area contributed by atoms with Crippen LogP contribution < -0.4 is 10.2 Å². The third-order valence-electron chi connectivity index (χ3n) is 5.05. The molecule has 1 aliphatic heterocycles. The molecule has 0 amide bonds. The fourth-order valence-corrected chi connectivity index (χ4v) is 5.02. The number of nitrogens with zero attached hydrogens (tertiary/aromatic N) is 2. The third-order valence-corrected chi connectivity index (χ3v) is 6.45. The van der Waals surface area contributed by atoms with E-state index in [1.165, 1.54) is 18.2 Å². The highest BCUT2D eigenvalue weighted by Gasteiger charge is 2.35. The first kappa shape index (κ1) is 20.8. The molecule has 30 heavy (non-hydrogen) atoms. The number of halogens is 5. The minimum absolute atomic E-state index is 0.205. The maximum atomic E-state index is 13.9. The van der Waals surface area contributed by atoms with E-state index in [0.717, 1.165) is 22.3 Å². The Morgan fingerprint density at radius 3 is 2.37 bits per heavy atom. The van der Waals surface area contributed by atoms with Crippen LogP contribution in [0.5, 0.6) is 0 Å². The van der Waals surface area contributed by atoms with E-state index < -0.39 is 34.0 Å². The van der Waals surface area contributed by atoms with Gasteiger partial charge < -0.3 is 10.2 Å². The Bertz CT molecular complexity index is 1090. The van der Waals surface area contributed by atoms with Gasteiger partial charge in [0.1, 0.15) is 0 Å². The average molecular weight is 443 g/mol. The molecule has 4 rings (SSSR count). The van der Waals surface area contributed by atoms with E-state index in [1.807, 2.05) is 4.90 Å². The zero-order valence-corrected chi connectivity index (χ0v) is 16.4. The van der Waals surface area contributed by atoms with Crippen LogP contribution in [0.4, 0.5) is 27.6 Å². The molecule has 3 aromatic rings. The van der Waals surface area contributed by atoms with Crippen LogP contribution in [0.15, 0.2) is 53.6 Å². The molecule has 160 valence electrons. The lowest BCUT2D eigenvalue weighted by Gasteiger charge is -2.30. The highest BCUT2D eigenvalue weighted by Crippen LogP contribution is 2.39. The van der Waals surface area contributed by atoms with Gasteiger partial charge in [0.15, 0.2) is 11.0 Å². The summed E-state index contributed by atoms with van der Waals surface area (Å²) < 4.78 is 82.1. The summed E-state index contributed by atoms with van der Waals surface area (Å²) in [7, 11) is -2.36. The summed E-state index contributed by atoms with van der Waals surface area (Å²) in [5.74, 6) is 0. The van der Waals surface area contributed by atoms with Gasteiger partial charge in [-0.05, 0) is 24.3 Å². The Balaban J connectivity index is 1.90. The summed E-state index contributed by atoms with van der Waals surface area (Å²) >= 11 is 0. The molecule has 1 aliphatic rings. The summed E-state index contributed by atoms with van der Waals surface area (Å²) in [6.45, 7) is 2.58. The Hall–Kier alpha value is -2.46. The zero-order chi connectivity index (χ0) is 21.5. The van der Waals surface area contributed by atoms with Crippen molar-refractivity contribution in [1.29, 1.82) is 0 Å². The summed E-state index contributed by atoms with van der Waals surface area (Å²) in [5.41, 5.74) is -0.639. The number of hydrogen-bond donors (Lipinski definition) is 1. The predicted molar refractivity (Wildman–Crippen MR) is 105 cm³/mol. The van der Waals surface area contributed by atoms with Crippen molar-refractivity contribution in [2.24, 2.45) is 0 Å². The second-order valence-corrected chi connectivity index (χ2v) is 8.19. The quantitative estimate of drug-likeness (QED) is 0.600. The monoisotopic (exact) mass is 443 g/mol. The maximum absolute atomic E-state index is 13.9. The molecule has 2 aromatic carbocycles. The first-order chi connectivity index (χ1) is 14.3. The van der Waals surface area contributed by atoms with Gasteiger partial charge in [-0.1, -0.05) is 18.2 Å². The van der Waals surface area contributed by atoms with E-state index in [9.17, 15) is 26.2 Å². The predicted octanol–water partition coefficient (Wildman–Crippen LogP) is 4.58. The lowest BCUT2D eigenvalue weighted by Crippen LogP contribution is -2.43.